The number of benzene rings is 1. The number of aromatic nitrogens is 4. The van der Waals surface area contributed by atoms with Crippen molar-refractivity contribution in [1.82, 2.24) is 19.7 Å². The van der Waals surface area contributed by atoms with Crippen molar-refractivity contribution in [2.75, 3.05) is 36.5 Å². The van der Waals surface area contributed by atoms with Gasteiger partial charge in [-0.15, -0.1) is 10.2 Å². The first-order valence-electron chi connectivity index (χ1n) is 11.6. The zero-order valence-electron chi connectivity index (χ0n) is 19.7. The summed E-state index contributed by atoms with van der Waals surface area (Å²) in [5.74, 6) is 0.347. The summed E-state index contributed by atoms with van der Waals surface area (Å²) in [6, 6.07) is 14.7. The molecule has 0 atom stereocenters. The van der Waals surface area contributed by atoms with E-state index >= 15 is 0 Å². The van der Waals surface area contributed by atoms with Gasteiger partial charge in [0.1, 0.15) is 11.2 Å². The molecule has 1 aliphatic heterocycles. The maximum Gasteiger partial charge on any atom is 0.261 e. The molecule has 0 bridgehead atoms. The standard InChI is InChI=1S/C26H26N6O3/c1-3-31-16-21(24(33)20-8-7-17(2)27-25(20)31)26(34)28-19-6-4-5-18(15-19)22-9-10-23(30-29-22)32-11-13-35-14-12-32/h4-10,15-16H,3,11-14H2,1-2H3,(H,28,34). The number of hydrogen-bond donors (Lipinski definition) is 1. The van der Waals surface area contributed by atoms with Crippen LogP contribution in [-0.4, -0.2) is 52.0 Å². The van der Waals surface area contributed by atoms with E-state index in [2.05, 4.69) is 25.4 Å². The predicted molar refractivity (Wildman–Crippen MR) is 135 cm³/mol. The molecule has 1 aliphatic rings. The van der Waals surface area contributed by atoms with E-state index < -0.39 is 5.91 Å². The largest absolute Gasteiger partial charge is 0.378 e. The molecular weight excluding hydrogens is 444 g/mol. The zero-order chi connectivity index (χ0) is 24.4. The zero-order valence-corrected chi connectivity index (χ0v) is 19.7. The highest BCUT2D eigenvalue weighted by Gasteiger charge is 2.17. The van der Waals surface area contributed by atoms with Gasteiger partial charge in [-0.2, -0.15) is 0 Å². The molecule has 0 aliphatic carbocycles. The van der Waals surface area contributed by atoms with Crippen LogP contribution in [0.4, 0.5) is 11.5 Å². The quantitative estimate of drug-likeness (QED) is 0.478. The summed E-state index contributed by atoms with van der Waals surface area (Å²) in [6.45, 7) is 7.35. The molecule has 0 unspecified atom stereocenters. The lowest BCUT2D eigenvalue weighted by Crippen LogP contribution is -2.36. The van der Waals surface area contributed by atoms with Gasteiger partial charge < -0.3 is 19.5 Å². The minimum Gasteiger partial charge on any atom is -0.378 e. The molecule has 4 aromatic rings. The summed E-state index contributed by atoms with van der Waals surface area (Å²) >= 11 is 0. The Balaban J connectivity index is 1.39. The lowest BCUT2D eigenvalue weighted by atomic mass is 10.1. The fourth-order valence-electron chi connectivity index (χ4n) is 4.16. The van der Waals surface area contributed by atoms with Crippen LogP contribution < -0.4 is 15.6 Å². The van der Waals surface area contributed by atoms with Gasteiger partial charge in [0.15, 0.2) is 5.82 Å². The van der Waals surface area contributed by atoms with Crippen LogP contribution in [0.15, 0.2) is 59.5 Å². The number of rotatable bonds is 5. The third kappa shape index (κ3) is 4.63. The highest BCUT2D eigenvalue weighted by molar-refractivity contribution is 6.05. The number of carbonyl (C=O) groups is 1. The molecule has 0 spiro atoms. The molecule has 1 amide bonds. The van der Waals surface area contributed by atoms with Crippen molar-refractivity contribution >= 4 is 28.4 Å². The van der Waals surface area contributed by atoms with E-state index in [-0.39, 0.29) is 11.0 Å². The smallest absolute Gasteiger partial charge is 0.261 e. The fourth-order valence-corrected chi connectivity index (χ4v) is 4.16. The molecule has 0 radical (unpaired) electrons. The summed E-state index contributed by atoms with van der Waals surface area (Å²) in [6.07, 6.45) is 1.58. The highest BCUT2D eigenvalue weighted by Crippen LogP contribution is 2.23. The van der Waals surface area contributed by atoms with Crippen LogP contribution >= 0.6 is 0 Å². The van der Waals surface area contributed by atoms with Gasteiger partial charge in [-0.05, 0) is 50.2 Å². The second-order valence-corrected chi connectivity index (χ2v) is 8.39. The van der Waals surface area contributed by atoms with E-state index in [4.69, 9.17) is 4.74 Å². The van der Waals surface area contributed by atoms with Crippen LogP contribution in [0.25, 0.3) is 22.3 Å². The molecule has 4 heterocycles. The van der Waals surface area contributed by atoms with Crippen molar-refractivity contribution in [1.29, 1.82) is 0 Å². The average Bonchev–Trinajstić information content (AvgIpc) is 2.89. The number of morpholine rings is 1. The minimum absolute atomic E-state index is 0.0741. The first-order valence-corrected chi connectivity index (χ1v) is 11.6. The first-order chi connectivity index (χ1) is 17.0. The van der Waals surface area contributed by atoms with Crippen LogP contribution in [0.2, 0.25) is 0 Å². The molecule has 1 fully saturated rings. The number of pyridine rings is 2. The van der Waals surface area contributed by atoms with Gasteiger partial charge in [-0.3, -0.25) is 9.59 Å². The Bertz CT molecular complexity index is 1440. The number of carbonyl (C=O) groups excluding carboxylic acids is 1. The van der Waals surface area contributed by atoms with Gasteiger partial charge in [0.2, 0.25) is 5.43 Å². The molecule has 35 heavy (non-hydrogen) atoms. The molecule has 178 valence electrons. The summed E-state index contributed by atoms with van der Waals surface area (Å²) in [7, 11) is 0. The van der Waals surface area contributed by atoms with Gasteiger partial charge in [0, 0.05) is 42.8 Å². The molecule has 0 saturated carbocycles. The summed E-state index contributed by atoms with van der Waals surface area (Å²) < 4.78 is 7.21. The Morgan fingerprint density at radius 2 is 1.91 bits per heavy atom. The van der Waals surface area contributed by atoms with E-state index in [1.165, 1.54) is 0 Å². The van der Waals surface area contributed by atoms with Gasteiger partial charge >= 0.3 is 0 Å². The van der Waals surface area contributed by atoms with Gasteiger partial charge in [-0.1, -0.05) is 12.1 Å². The summed E-state index contributed by atoms with van der Waals surface area (Å²) in [4.78, 5) is 32.8. The van der Waals surface area contributed by atoms with Crippen LogP contribution in [-0.2, 0) is 11.3 Å². The Morgan fingerprint density at radius 1 is 1.09 bits per heavy atom. The van der Waals surface area contributed by atoms with Crippen LogP contribution in [0.5, 0.6) is 0 Å². The van der Waals surface area contributed by atoms with E-state index in [9.17, 15) is 9.59 Å². The number of anilines is 2. The van der Waals surface area contributed by atoms with Crippen LogP contribution in [0.1, 0.15) is 23.0 Å². The number of ether oxygens (including phenoxy) is 1. The maximum atomic E-state index is 13.1. The molecule has 3 aromatic heterocycles. The lowest BCUT2D eigenvalue weighted by Gasteiger charge is -2.27. The van der Waals surface area contributed by atoms with E-state index in [0.717, 1.165) is 30.2 Å². The van der Waals surface area contributed by atoms with Crippen molar-refractivity contribution in [2.45, 2.75) is 20.4 Å². The second kappa shape index (κ2) is 9.63. The fraction of sp³-hybridized carbons (Fsp3) is 0.269. The Kier molecular flexibility index (Phi) is 6.24. The predicted octanol–water partition coefficient (Wildman–Crippen LogP) is 3.27. The Hall–Kier alpha value is -4.11. The third-order valence-electron chi connectivity index (χ3n) is 6.05. The number of aryl methyl sites for hydroxylation is 2. The molecule has 1 saturated heterocycles. The number of fused-ring (bicyclic) bond motifs is 1. The van der Waals surface area contributed by atoms with Crippen molar-refractivity contribution in [3.05, 3.63) is 76.2 Å². The minimum atomic E-state index is -0.467. The van der Waals surface area contributed by atoms with Crippen molar-refractivity contribution in [3.8, 4) is 11.3 Å². The molecule has 9 nitrogen and oxygen atoms in total. The molecule has 1 N–H and O–H groups in total. The van der Waals surface area contributed by atoms with E-state index in [1.807, 2.05) is 48.7 Å². The summed E-state index contributed by atoms with van der Waals surface area (Å²) in [5.41, 5.74) is 3.20. The van der Waals surface area contributed by atoms with E-state index in [1.54, 1.807) is 24.4 Å². The van der Waals surface area contributed by atoms with Gasteiger partial charge in [0.25, 0.3) is 5.91 Å². The van der Waals surface area contributed by atoms with Crippen LogP contribution in [0, 0.1) is 6.92 Å². The number of nitrogens with zero attached hydrogens (tertiary/aromatic N) is 5. The SMILES string of the molecule is CCn1cc(C(=O)Nc2cccc(-c3ccc(N4CCOCC4)nn3)c2)c(=O)c2ccc(C)nc21. The second-order valence-electron chi connectivity index (χ2n) is 8.39. The summed E-state index contributed by atoms with van der Waals surface area (Å²) in [5, 5.41) is 12.0. The van der Waals surface area contributed by atoms with Gasteiger partial charge in [0.05, 0.1) is 24.3 Å². The van der Waals surface area contributed by atoms with Crippen molar-refractivity contribution in [2.24, 2.45) is 0 Å². The number of nitrogens with one attached hydrogen (secondary N) is 1. The van der Waals surface area contributed by atoms with E-state index in [0.29, 0.717) is 42.2 Å². The average molecular weight is 471 g/mol. The molecular formula is C26H26N6O3. The topological polar surface area (TPSA) is 102 Å². The Morgan fingerprint density at radius 3 is 2.66 bits per heavy atom. The van der Waals surface area contributed by atoms with Crippen molar-refractivity contribution in [3.63, 3.8) is 0 Å². The van der Waals surface area contributed by atoms with Gasteiger partial charge in [-0.25, -0.2) is 4.98 Å². The Labute approximate surface area is 202 Å². The van der Waals surface area contributed by atoms with Crippen LogP contribution in [0.3, 0.4) is 0 Å². The lowest BCUT2D eigenvalue weighted by molar-refractivity contribution is 0.102. The molecule has 9 heteroatoms. The number of hydrogen-bond acceptors (Lipinski definition) is 7. The monoisotopic (exact) mass is 470 g/mol. The first kappa shape index (κ1) is 22.7. The molecule has 5 rings (SSSR count). The normalized spacial score (nSPS) is 13.7. The highest BCUT2D eigenvalue weighted by atomic mass is 16.5. The van der Waals surface area contributed by atoms with Crippen molar-refractivity contribution < 1.29 is 9.53 Å². The molecule has 1 aromatic carbocycles. The maximum absolute atomic E-state index is 13.1. The third-order valence-corrected chi connectivity index (χ3v) is 6.05. The number of amides is 1.